The fourth-order valence-electron chi connectivity index (χ4n) is 2.61. The van der Waals surface area contributed by atoms with Crippen LogP contribution in [0.4, 0.5) is 0 Å². The molecular weight excluding hydrogens is 272 g/mol. The van der Waals surface area contributed by atoms with Crippen molar-refractivity contribution in [3.63, 3.8) is 0 Å². The van der Waals surface area contributed by atoms with E-state index in [0.717, 1.165) is 0 Å². The molecule has 0 bridgehead atoms. The lowest BCUT2D eigenvalue weighted by atomic mass is 9.92. The first-order valence-corrected chi connectivity index (χ1v) is 7.86. The van der Waals surface area contributed by atoms with Gasteiger partial charge in [0.2, 0.25) is 0 Å². The first-order valence-electron chi connectivity index (χ1n) is 6.47. The van der Waals surface area contributed by atoms with Crippen molar-refractivity contribution in [2.45, 2.75) is 13.3 Å². The normalized spacial score (nSPS) is 31.2. The van der Waals surface area contributed by atoms with Gasteiger partial charge in [0.15, 0.2) is 0 Å². The highest BCUT2D eigenvalue weighted by molar-refractivity contribution is 7.86. The van der Waals surface area contributed by atoms with Gasteiger partial charge in [-0.2, -0.15) is 17.0 Å². The third-order valence-electron chi connectivity index (χ3n) is 3.60. The van der Waals surface area contributed by atoms with E-state index < -0.39 is 22.1 Å². The van der Waals surface area contributed by atoms with Crippen LogP contribution in [-0.2, 0) is 19.7 Å². The van der Waals surface area contributed by atoms with Crippen molar-refractivity contribution in [2.24, 2.45) is 11.8 Å². The van der Waals surface area contributed by atoms with Crippen LogP contribution in [0.3, 0.4) is 0 Å². The molecule has 2 aliphatic rings. The summed E-state index contributed by atoms with van der Waals surface area (Å²) in [5.74, 6) is -1.47. The molecule has 1 N–H and O–H groups in total. The van der Waals surface area contributed by atoms with Crippen LogP contribution >= 0.6 is 0 Å². The molecule has 0 aromatic carbocycles. The minimum atomic E-state index is -3.56. The first-order chi connectivity index (χ1) is 8.91. The van der Waals surface area contributed by atoms with Crippen LogP contribution in [0.5, 0.6) is 0 Å². The number of carbonyl (C=O) groups is 1. The lowest BCUT2D eigenvalue weighted by molar-refractivity contribution is -0.143. The van der Waals surface area contributed by atoms with Crippen molar-refractivity contribution < 1.29 is 23.1 Å². The van der Waals surface area contributed by atoms with E-state index in [0.29, 0.717) is 39.3 Å². The van der Waals surface area contributed by atoms with E-state index in [2.05, 4.69) is 0 Å². The molecule has 0 amide bonds. The monoisotopic (exact) mass is 292 g/mol. The van der Waals surface area contributed by atoms with E-state index in [1.54, 1.807) is 0 Å². The molecule has 2 aliphatic heterocycles. The van der Waals surface area contributed by atoms with Crippen molar-refractivity contribution in [2.75, 3.05) is 39.4 Å². The Morgan fingerprint density at radius 3 is 2.42 bits per heavy atom. The Hall–Kier alpha value is -0.700. The average molecular weight is 292 g/mol. The summed E-state index contributed by atoms with van der Waals surface area (Å²) >= 11 is 0. The lowest BCUT2D eigenvalue weighted by Crippen LogP contribution is -2.53. The van der Waals surface area contributed by atoms with Gasteiger partial charge in [-0.1, -0.05) is 6.92 Å². The summed E-state index contributed by atoms with van der Waals surface area (Å²) in [4.78, 5) is 11.1. The number of morpholine rings is 1. The van der Waals surface area contributed by atoms with E-state index in [4.69, 9.17) is 9.84 Å². The smallest absolute Gasteiger partial charge is 0.307 e. The van der Waals surface area contributed by atoms with Crippen molar-refractivity contribution >= 4 is 16.2 Å². The summed E-state index contributed by atoms with van der Waals surface area (Å²) in [6.45, 7) is 3.81. The molecule has 2 rings (SSSR count). The standard InChI is InChI=1S/C11H20N2O5S/c1-9-6-10(11(14)15)8-13(7-9)19(16,17)12-2-4-18-5-3-12/h9-10H,2-8H2,1H3,(H,14,15). The summed E-state index contributed by atoms with van der Waals surface area (Å²) in [6.07, 6.45) is 0.532. The molecule has 19 heavy (non-hydrogen) atoms. The second-order valence-corrected chi connectivity index (χ2v) is 7.14. The molecule has 2 saturated heterocycles. The number of hydrogen-bond acceptors (Lipinski definition) is 4. The average Bonchev–Trinajstić information content (AvgIpc) is 2.39. The fourth-order valence-corrected chi connectivity index (χ4v) is 4.36. The molecular formula is C11H20N2O5S. The molecule has 2 unspecified atom stereocenters. The molecule has 0 aliphatic carbocycles. The fraction of sp³-hybridized carbons (Fsp3) is 0.909. The molecule has 7 nitrogen and oxygen atoms in total. The first kappa shape index (κ1) is 14.7. The van der Waals surface area contributed by atoms with Gasteiger partial charge in [-0.3, -0.25) is 4.79 Å². The van der Waals surface area contributed by atoms with E-state index >= 15 is 0 Å². The zero-order valence-corrected chi connectivity index (χ0v) is 11.8. The molecule has 0 aromatic heterocycles. The quantitative estimate of drug-likeness (QED) is 0.765. The molecule has 2 atom stereocenters. The van der Waals surface area contributed by atoms with E-state index in [-0.39, 0.29) is 12.5 Å². The van der Waals surface area contributed by atoms with Gasteiger partial charge in [-0.15, -0.1) is 0 Å². The van der Waals surface area contributed by atoms with Gasteiger partial charge in [0.25, 0.3) is 10.2 Å². The number of hydrogen-bond donors (Lipinski definition) is 1. The van der Waals surface area contributed by atoms with Gasteiger partial charge < -0.3 is 9.84 Å². The van der Waals surface area contributed by atoms with Crippen LogP contribution in [-0.4, -0.2) is 67.5 Å². The Morgan fingerprint density at radius 1 is 1.21 bits per heavy atom. The Morgan fingerprint density at radius 2 is 1.84 bits per heavy atom. The van der Waals surface area contributed by atoms with Crippen LogP contribution in [0.2, 0.25) is 0 Å². The van der Waals surface area contributed by atoms with Gasteiger partial charge in [0, 0.05) is 26.2 Å². The van der Waals surface area contributed by atoms with Crippen LogP contribution < -0.4 is 0 Å². The molecule has 0 radical (unpaired) electrons. The predicted octanol–water partition coefficient (Wildman–Crippen LogP) is -0.394. The van der Waals surface area contributed by atoms with Crippen LogP contribution in [0.25, 0.3) is 0 Å². The third kappa shape index (κ3) is 3.25. The van der Waals surface area contributed by atoms with Crippen LogP contribution in [0, 0.1) is 11.8 Å². The highest BCUT2D eigenvalue weighted by Gasteiger charge is 2.38. The van der Waals surface area contributed by atoms with Crippen molar-refractivity contribution in [1.82, 2.24) is 8.61 Å². The van der Waals surface area contributed by atoms with Crippen LogP contribution in [0.15, 0.2) is 0 Å². The minimum Gasteiger partial charge on any atom is -0.481 e. The Bertz CT molecular complexity index is 432. The number of carboxylic acid groups (broad SMARTS) is 1. The number of piperidine rings is 1. The summed E-state index contributed by atoms with van der Waals surface area (Å²) in [5, 5.41) is 9.09. The number of aliphatic carboxylic acids is 1. The number of rotatable bonds is 3. The third-order valence-corrected chi connectivity index (χ3v) is 5.57. The van der Waals surface area contributed by atoms with Crippen molar-refractivity contribution in [3.8, 4) is 0 Å². The Balaban J connectivity index is 2.12. The number of nitrogens with zero attached hydrogens (tertiary/aromatic N) is 2. The largest absolute Gasteiger partial charge is 0.481 e. The SMILES string of the molecule is CC1CC(C(=O)O)CN(S(=O)(=O)N2CCOCC2)C1. The highest BCUT2D eigenvalue weighted by Crippen LogP contribution is 2.25. The maximum absolute atomic E-state index is 12.5. The molecule has 0 spiro atoms. The molecule has 110 valence electrons. The highest BCUT2D eigenvalue weighted by atomic mass is 32.2. The van der Waals surface area contributed by atoms with Gasteiger partial charge >= 0.3 is 5.97 Å². The van der Waals surface area contributed by atoms with E-state index in [1.165, 1.54) is 8.61 Å². The van der Waals surface area contributed by atoms with Crippen molar-refractivity contribution in [3.05, 3.63) is 0 Å². The molecule has 2 fully saturated rings. The molecule has 0 saturated carbocycles. The zero-order chi connectivity index (χ0) is 14.0. The summed E-state index contributed by atoms with van der Waals surface area (Å²) in [5.41, 5.74) is 0. The summed E-state index contributed by atoms with van der Waals surface area (Å²) in [7, 11) is -3.56. The number of ether oxygens (including phenoxy) is 1. The van der Waals surface area contributed by atoms with Crippen LogP contribution in [0.1, 0.15) is 13.3 Å². The van der Waals surface area contributed by atoms with Gasteiger partial charge in [0.1, 0.15) is 0 Å². The Kier molecular flexibility index (Phi) is 4.44. The zero-order valence-electron chi connectivity index (χ0n) is 11.0. The Labute approximate surface area is 113 Å². The number of carboxylic acids is 1. The van der Waals surface area contributed by atoms with Gasteiger partial charge in [-0.05, 0) is 12.3 Å². The molecule has 2 heterocycles. The van der Waals surface area contributed by atoms with E-state index in [9.17, 15) is 13.2 Å². The summed E-state index contributed by atoms with van der Waals surface area (Å²) in [6, 6.07) is 0. The molecule has 8 heteroatoms. The second kappa shape index (κ2) is 5.74. The lowest BCUT2D eigenvalue weighted by Gasteiger charge is -2.37. The minimum absolute atomic E-state index is 0.0608. The summed E-state index contributed by atoms with van der Waals surface area (Å²) < 4.78 is 32.8. The maximum Gasteiger partial charge on any atom is 0.307 e. The van der Waals surface area contributed by atoms with Crippen molar-refractivity contribution in [1.29, 1.82) is 0 Å². The van der Waals surface area contributed by atoms with E-state index in [1.807, 2.05) is 6.92 Å². The second-order valence-electron chi connectivity index (χ2n) is 5.21. The van der Waals surface area contributed by atoms with Gasteiger partial charge in [0.05, 0.1) is 19.1 Å². The van der Waals surface area contributed by atoms with Gasteiger partial charge in [-0.25, -0.2) is 0 Å². The molecule has 0 aromatic rings. The topological polar surface area (TPSA) is 87.2 Å². The predicted molar refractivity (Wildman–Crippen MR) is 67.8 cm³/mol. The maximum atomic E-state index is 12.5.